The van der Waals surface area contributed by atoms with E-state index >= 15 is 0 Å². The standard InChI is InChI=1S/C17H15BrO2S/c1-20-12-6-7-15(18)11(8-12)9-16(19)14-10-21-17-5-3-2-4-13(14)17/h2-8,14H,9-10H2,1H3. The third kappa shape index (κ3) is 3.01. The molecule has 0 spiro atoms. The van der Waals surface area contributed by atoms with Gasteiger partial charge in [0.15, 0.2) is 0 Å². The van der Waals surface area contributed by atoms with Crippen molar-refractivity contribution in [1.29, 1.82) is 0 Å². The summed E-state index contributed by atoms with van der Waals surface area (Å²) >= 11 is 5.28. The molecule has 0 aliphatic carbocycles. The molecule has 1 aliphatic rings. The molecule has 3 rings (SSSR count). The normalized spacial score (nSPS) is 16.6. The average molecular weight is 363 g/mol. The number of benzene rings is 2. The zero-order valence-electron chi connectivity index (χ0n) is 11.6. The van der Waals surface area contributed by atoms with Gasteiger partial charge in [0.2, 0.25) is 0 Å². The molecule has 0 radical (unpaired) electrons. The van der Waals surface area contributed by atoms with Gasteiger partial charge in [-0.1, -0.05) is 34.1 Å². The molecule has 1 heterocycles. The lowest BCUT2D eigenvalue weighted by Gasteiger charge is -2.11. The Balaban J connectivity index is 1.82. The zero-order chi connectivity index (χ0) is 14.8. The molecule has 2 nitrogen and oxygen atoms in total. The van der Waals surface area contributed by atoms with Gasteiger partial charge >= 0.3 is 0 Å². The summed E-state index contributed by atoms with van der Waals surface area (Å²) in [6, 6.07) is 13.9. The van der Waals surface area contributed by atoms with Crippen LogP contribution in [0.25, 0.3) is 0 Å². The quantitative estimate of drug-likeness (QED) is 0.802. The van der Waals surface area contributed by atoms with Crippen LogP contribution >= 0.6 is 27.7 Å². The minimum absolute atomic E-state index is 0.00398. The predicted octanol–water partition coefficient (Wildman–Crippen LogP) is 4.46. The fraction of sp³-hybridized carbons (Fsp3) is 0.235. The lowest BCUT2D eigenvalue weighted by molar-refractivity contribution is -0.119. The van der Waals surface area contributed by atoms with E-state index < -0.39 is 0 Å². The number of rotatable bonds is 4. The van der Waals surface area contributed by atoms with E-state index in [1.807, 2.05) is 30.3 Å². The largest absolute Gasteiger partial charge is 0.497 e. The van der Waals surface area contributed by atoms with Crippen molar-refractivity contribution in [1.82, 2.24) is 0 Å². The molecule has 1 atom stereocenters. The molecule has 21 heavy (non-hydrogen) atoms. The summed E-state index contributed by atoms with van der Waals surface area (Å²) in [6.45, 7) is 0. The van der Waals surface area contributed by atoms with E-state index in [4.69, 9.17) is 4.74 Å². The number of Topliss-reactive ketones (excluding diaryl/α,β-unsaturated/α-hetero) is 1. The lowest BCUT2D eigenvalue weighted by atomic mass is 9.93. The Morgan fingerprint density at radius 3 is 2.95 bits per heavy atom. The smallest absolute Gasteiger partial charge is 0.145 e. The predicted molar refractivity (Wildman–Crippen MR) is 89.3 cm³/mol. The van der Waals surface area contributed by atoms with Crippen LogP contribution in [0.2, 0.25) is 0 Å². The van der Waals surface area contributed by atoms with Crippen LogP contribution in [0.1, 0.15) is 17.0 Å². The lowest BCUT2D eigenvalue weighted by Crippen LogP contribution is -2.15. The monoisotopic (exact) mass is 362 g/mol. The Kier molecular flexibility index (Phi) is 4.36. The first kappa shape index (κ1) is 14.7. The summed E-state index contributed by atoms with van der Waals surface area (Å²) in [5.41, 5.74) is 2.15. The summed E-state index contributed by atoms with van der Waals surface area (Å²) in [6.07, 6.45) is 0.428. The molecule has 0 N–H and O–H groups in total. The summed E-state index contributed by atoms with van der Waals surface area (Å²) in [4.78, 5) is 13.9. The zero-order valence-corrected chi connectivity index (χ0v) is 14.0. The van der Waals surface area contributed by atoms with Gasteiger partial charge in [0, 0.05) is 21.5 Å². The summed E-state index contributed by atoms with van der Waals surface area (Å²) < 4.78 is 6.19. The highest BCUT2D eigenvalue weighted by Crippen LogP contribution is 2.40. The fourth-order valence-corrected chi connectivity index (χ4v) is 4.20. The third-order valence-electron chi connectivity index (χ3n) is 3.71. The summed E-state index contributed by atoms with van der Waals surface area (Å²) in [5, 5.41) is 0. The molecular weight excluding hydrogens is 348 g/mol. The number of methoxy groups -OCH3 is 1. The van der Waals surface area contributed by atoms with Crippen LogP contribution in [-0.4, -0.2) is 18.6 Å². The molecule has 0 bridgehead atoms. The topological polar surface area (TPSA) is 26.3 Å². The first-order chi connectivity index (χ1) is 10.2. The van der Waals surface area contributed by atoms with Gasteiger partial charge in [0.05, 0.1) is 13.0 Å². The van der Waals surface area contributed by atoms with Crippen LogP contribution in [0, 0.1) is 0 Å². The van der Waals surface area contributed by atoms with Gasteiger partial charge in [0.1, 0.15) is 11.5 Å². The summed E-state index contributed by atoms with van der Waals surface area (Å²) in [5.74, 6) is 1.90. The van der Waals surface area contributed by atoms with E-state index in [1.54, 1.807) is 18.9 Å². The van der Waals surface area contributed by atoms with Crippen molar-refractivity contribution < 1.29 is 9.53 Å². The number of halogens is 1. The van der Waals surface area contributed by atoms with Crippen LogP contribution < -0.4 is 4.74 Å². The fourth-order valence-electron chi connectivity index (χ4n) is 2.55. The second-order valence-corrected chi connectivity index (χ2v) is 6.92. The van der Waals surface area contributed by atoms with Crippen LogP contribution in [0.4, 0.5) is 0 Å². The molecule has 4 heteroatoms. The van der Waals surface area contributed by atoms with Crippen molar-refractivity contribution in [3.63, 3.8) is 0 Å². The maximum absolute atomic E-state index is 12.7. The van der Waals surface area contributed by atoms with Gasteiger partial charge in [-0.15, -0.1) is 11.8 Å². The number of ether oxygens (including phenoxy) is 1. The van der Waals surface area contributed by atoms with Crippen molar-refractivity contribution in [2.45, 2.75) is 17.2 Å². The minimum atomic E-state index is 0.00398. The van der Waals surface area contributed by atoms with E-state index in [9.17, 15) is 4.79 Å². The minimum Gasteiger partial charge on any atom is -0.497 e. The number of hydrogen-bond acceptors (Lipinski definition) is 3. The Labute approximate surface area is 137 Å². The van der Waals surface area contributed by atoms with Gasteiger partial charge in [-0.3, -0.25) is 4.79 Å². The summed E-state index contributed by atoms with van der Waals surface area (Å²) in [7, 11) is 1.64. The number of hydrogen-bond donors (Lipinski definition) is 0. The number of carbonyl (C=O) groups excluding carboxylic acids is 1. The van der Waals surface area contributed by atoms with E-state index in [-0.39, 0.29) is 11.7 Å². The molecule has 0 amide bonds. The maximum atomic E-state index is 12.7. The van der Waals surface area contributed by atoms with Crippen molar-refractivity contribution >= 4 is 33.5 Å². The van der Waals surface area contributed by atoms with Crippen molar-refractivity contribution in [3.05, 3.63) is 58.1 Å². The van der Waals surface area contributed by atoms with E-state index in [0.29, 0.717) is 6.42 Å². The number of fused-ring (bicyclic) bond motifs is 1. The second kappa shape index (κ2) is 6.24. The first-order valence-electron chi connectivity index (χ1n) is 6.76. The van der Waals surface area contributed by atoms with Gasteiger partial charge in [-0.05, 0) is 35.4 Å². The van der Waals surface area contributed by atoms with Gasteiger partial charge in [0.25, 0.3) is 0 Å². The number of carbonyl (C=O) groups is 1. The highest BCUT2D eigenvalue weighted by Gasteiger charge is 2.28. The SMILES string of the molecule is COc1ccc(Br)c(CC(=O)C2CSc3ccccc32)c1. The van der Waals surface area contributed by atoms with Gasteiger partial charge < -0.3 is 4.74 Å². The van der Waals surface area contributed by atoms with Gasteiger partial charge in [-0.2, -0.15) is 0 Å². The van der Waals surface area contributed by atoms with Crippen LogP contribution in [0.3, 0.4) is 0 Å². The van der Waals surface area contributed by atoms with Crippen molar-refractivity contribution in [2.75, 3.05) is 12.9 Å². The Morgan fingerprint density at radius 2 is 2.14 bits per heavy atom. The second-order valence-electron chi connectivity index (χ2n) is 5.00. The van der Waals surface area contributed by atoms with E-state index in [2.05, 4.69) is 28.1 Å². The molecule has 1 aliphatic heterocycles. The van der Waals surface area contributed by atoms with Gasteiger partial charge in [-0.25, -0.2) is 0 Å². The highest BCUT2D eigenvalue weighted by atomic mass is 79.9. The average Bonchev–Trinajstić information content (AvgIpc) is 2.93. The molecule has 1 unspecified atom stereocenters. The maximum Gasteiger partial charge on any atom is 0.145 e. The van der Waals surface area contributed by atoms with E-state index in [0.717, 1.165) is 21.5 Å². The van der Waals surface area contributed by atoms with Crippen LogP contribution in [-0.2, 0) is 11.2 Å². The highest BCUT2D eigenvalue weighted by molar-refractivity contribution is 9.10. The molecule has 0 fully saturated rings. The third-order valence-corrected chi connectivity index (χ3v) is 5.66. The molecule has 0 aromatic heterocycles. The van der Waals surface area contributed by atoms with E-state index in [1.165, 1.54) is 10.5 Å². The molecule has 2 aromatic rings. The Hall–Kier alpha value is -1.26. The molecule has 108 valence electrons. The molecule has 0 saturated carbocycles. The molecule has 2 aromatic carbocycles. The van der Waals surface area contributed by atoms with Crippen molar-refractivity contribution in [2.24, 2.45) is 0 Å². The number of ketones is 1. The number of thioether (sulfide) groups is 1. The molecular formula is C17H15BrO2S. The Morgan fingerprint density at radius 1 is 1.33 bits per heavy atom. The first-order valence-corrected chi connectivity index (χ1v) is 8.53. The van der Waals surface area contributed by atoms with Crippen molar-refractivity contribution in [3.8, 4) is 5.75 Å². The molecule has 0 saturated heterocycles. The Bertz CT molecular complexity index is 684. The van der Waals surface area contributed by atoms with Crippen LogP contribution in [0.15, 0.2) is 51.8 Å². The van der Waals surface area contributed by atoms with Crippen LogP contribution in [0.5, 0.6) is 5.75 Å².